The Morgan fingerprint density at radius 2 is 1.64 bits per heavy atom. The summed E-state index contributed by atoms with van der Waals surface area (Å²) < 4.78 is 17.5. The second kappa shape index (κ2) is 8.70. The normalized spacial score (nSPS) is 13.2. The van der Waals surface area contributed by atoms with Crippen molar-refractivity contribution in [2.45, 2.75) is 25.7 Å². The Labute approximate surface area is 152 Å². The Morgan fingerprint density at radius 3 is 2.28 bits per heavy atom. The Kier molecular flexibility index (Phi) is 6.09. The number of rotatable bonds is 8. The summed E-state index contributed by atoms with van der Waals surface area (Å²) >= 11 is 1.68. The van der Waals surface area contributed by atoms with Crippen molar-refractivity contribution in [1.82, 2.24) is 0 Å². The predicted molar refractivity (Wildman–Crippen MR) is 101 cm³/mol. The highest BCUT2D eigenvalue weighted by Crippen LogP contribution is 2.30. The average molecular weight is 354 g/mol. The Morgan fingerprint density at radius 1 is 0.880 bits per heavy atom. The molecule has 3 aromatic rings. The van der Waals surface area contributed by atoms with Crippen LogP contribution < -0.4 is 9.47 Å². The standard InChI is InChI=1S/C21H22O3S/c1-16(23-15-17-10-12-18(22-2)13-11-17)21(20-9-6-14-25-20)24-19-7-4-3-5-8-19/h3-14,16,21H,15H2,1-2H3/t16-,21-/m0/s1. The van der Waals surface area contributed by atoms with Crippen LogP contribution >= 0.6 is 11.3 Å². The lowest BCUT2D eigenvalue weighted by Gasteiger charge is -2.24. The van der Waals surface area contributed by atoms with Crippen molar-refractivity contribution >= 4 is 11.3 Å². The molecule has 0 fully saturated rings. The molecular weight excluding hydrogens is 332 g/mol. The lowest BCUT2D eigenvalue weighted by atomic mass is 10.1. The van der Waals surface area contributed by atoms with E-state index in [9.17, 15) is 0 Å². The second-order valence-electron chi connectivity index (χ2n) is 5.73. The van der Waals surface area contributed by atoms with Crippen LogP contribution in [0.15, 0.2) is 72.1 Å². The molecule has 1 heterocycles. The van der Waals surface area contributed by atoms with Gasteiger partial charge in [0.2, 0.25) is 0 Å². The number of para-hydroxylation sites is 1. The molecule has 0 bridgehead atoms. The fraction of sp³-hybridized carbons (Fsp3) is 0.238. The molecule has 1 aromatic heterocycles. The van der Waals surface area contributed by atoms with E-state index in [1.807, 2.05) is 60.7 Å². The third kappa shape index (κ3) is 4.84. The van der Waals surface area contributed by atoms with E-state index in [0.717, 1.165) is 21.9 Å². The van der Waals surface area contributed by atoms with Crippen LogP contribution in [0.4, 0.5) is 0 Å². The molecule has 2 atom stereocenters. The SMILES string of the molecule is COc1ccc(CO[C@@H](C)[C@H](Oc2ccccc2)c2cccs2)cc1. The molecule has 0 radical (unpaired) electrons. The summed E-state index contributed by atoms with van der Waals surface area (Å²) in [7, 11) is 1.67. The largest absolute Gasteiger partial charge is 0.497 e. The fourth-order valence-corrected chi connectivity index (χ4v) is 3.37. The van der Waals surface area contributed by atoms with E-state index in [0.29, 0.717) is 6.61 Å². The molecule has 0 saturated carbocycles. The summed E-state index contributed by atoms with van der Waals surface area (Å²) in [6, 6.07) is 21.9. The quantitative estimate of drug-likeness (QED) is 0.536. The Bertz CT molecular complexity index is 739. The lowest BCUT2D eigenvalue weighted by Crippen LogP contribution is -2.23. The smallest absolute Gasteiger partial charge is 0.159 e. The minimum atomic E-state index is -0.138. The van der Waals surface area contributed by atoms with Crippen molar-refractivity contribution in [2.75, 3.05) is 7.11 Å². The molecule has 0 aliphatic heterocycles. The van der Waals surface area contributed by atoms with E-state index in [-0.39, 0.29) is 12.2 Å². The van der Waals surface area contributed by atoms with Gasteiger partial charge in [-0.2, -0.15) is 0 Å². The summed E-state index contributed by atoms with van der Waals surface area (Å²) in [5.74, 6) is 1.70. The highest BCUT2D eigenvalue weighted by atomic mass is 32.1. The molecule has 0 saturated heterocycles. The summed E-state index contributed by atoms with van der Waals surface area (Å²) in [6.45, 7) is 2.59. The van der Waals surface area contributed by atoms with Gasteiger partial charge in [-0.05, 0) is 48.2 Å². The molecule has 0 spiro atoms. The molecule has 25 heavy (non-hydrogen) atoms. The zero-order valence-corrected chi connectivity index (χ0v) is 15.2. The average Bonchev–Trinajstić information content (AvgIpc) is 3.20. The van der Waals surface area contributed by atoms with Crippen LogP contribution in [-0.2, 0) is 11.3 Å². The molecule has 0 N–H and O–H groups in total. The van der Waals surface area contributed by atoms with Gasteiger partial charge in [-0.15, -0.1) is 11.3 Å². The maximum atomic E-state index is 6.21. The highest BCUT2D eigenvalue weighted by Gasteiger charge is 2.23. The van der Waals surface area contributed by atoms with E-state index in [1.165, 1.54) is 0 Å². The molecule has 0 aliphatic carbocycles. The van der Waals surface area contributed by atoms with Gasteiger partial charge in [-0.1, -0.05) is 36.4 Å². The third-order valence-electron chi connectivity index (χ3n) is 3.93. The van der Waals surface area contributed by atoms with Crippen LogP contribution in [0.5, 0.6) is 11.5 Å². The first-order chi connectivity index (χ1) is 12.3. The van der Waals surface area contributed by atoms with Crippen molar-refractivity contribution in [1.29, 1.82) is 0 Å². The number of benzene rings is 2. The Hall–Kier alpha value is -2.30. The third-order valence-corrected chi connectivity index (χ3v) is 4.86. The van der Waals surface area contributed by atoms with E-state index in [4.69, 9.17) is 14.2 Å². The van der Waals surface area contributed by atoms with Crippen molar-refractivity contribution in [3.8, 4) is 11.5 Å². The van der Waals surface area contributed by atoms with Gasteiger partial charge >= 0.3 is 0 Å². The van der Waals surface area contributed by atoms with E-state index < -0.39 is 0 Å². The predicted octanol–water partition coefficient (Wildman–Crippen LogP) is 5.48. The lowest BCUT2D eigenvalue weighted by molar-refractivity contribution is -0.0238. The van der Waals surface area contributed by atoms with Gasteiger partial charge in [0.1, 0.15) is 11.5 Å². The monoisotopic (exact) mass is 354 g/mol. The van der Waals surface area contributed by atoms with Gasteiger partial charge in [0, 0.05) is 4.88 Å². The molecule has 3 nitrogen and oxygen atoms in total. The molecule has 0 aliphatic rings. The van der Waals surface area contributed by atoms with Crippen molar-refractivity contribution in [2.24, 2.45) is 0 Å². The van der Waals surface area contributed by atoms with Gasteiger partial charge in [-0.3, -0.25) is 0 Å². The second-order valence-corrected chi connectivity index (χ2v) is 6.71. The molecule has 0 amide bonds. The molecule has 0 unspecified atom stereocenters. The van der Waals surface area contributed by atoms with Crippen LogP contribution in [0.3, 0.4) is 0 Å². The van der Waals surface area contributed by atoms with Crippen molar-refractivity contribution in [3.63, 3.8) is 0 Å². The number of thiophene rings is 1. The molecule has 2 aromatic carbocycles. The first kappa shape index (κ1) is 17.5. The topological polar surface area (TPSA) is 27.7 Å². The highest BCUT2D eigenvalue weighted by molar-refractivity contribution is 7.10. The van der Waals surface area contributed by atoms with Gasteiger partial charge in [0.25, 0.3) is 0 Å². The number of methoxy groups -OCH3 is 1. The first-order valence-corrected chi connectivity index (χ1v) is 9.14. The van der Waals surface area contributed by atoms with Gasteiger partial charge in [0.15, 0.2) is 6.10 Å². The Balaban J connectivity index is 1.67. The van der Waals surface area contributed by atoms with Crippen LogP contribution in [0.2, 0.25) is 0 Å². The molecule has 4 heteroatoms. The molecular formula is C21H22O3S. The summed E-state index contributed by atoms with van der Waals surface area (Å²) in [5, 5.41) is 2.06. The first-order valence-electron chi connectivity index (χ1n) is 8.26. The zero-order chi connectivity index (χ0) is 17.5. The van der Waals surface area contributed by atoms with E-state index in [2.05, 4.69) is 18.4 Å². The van der Waals surface area contributed by atoms with Crippen LogP contribution in [0, 0.1) is 0 Å². The zero-order valence-electron chi connectivity index (χ0n) is 14.4. The minimum absolute atomic E-state index is 0.0824. The molecule has 3 rings (SSSR count). The number of ether oxygens (including phenoxy) is 3. The minimum Gasteiger partial charge on any atom is -0.497 e. The van der Waals surface area contributed by atoms with Gasteiger partial charge in [-0.25, -0.2) is 0 Å². The van der Waals surface area contributed by atoms with Crippen LogP contribution in [0.25, 0.3) is 0 Å². The maximum Gasteiger partial charge on any atom is 0.159 e. The fourth-order valence-electron chi connectivity index (χ4n) is 2.52. The summed E-state index contributed by atoms with van der Waals surface area (Å²) in [6.07, 6.45) is -0.221. The summed E-state index contributed by atoms with van der Waals surface area (Å²) in [4.78, 5) is 1.16. The van der Waals surface area contributed by atoms with E-state index in [1.54, 1.807) is 18.4 Å². The van der Waals surface area contributed by atoms with Gasteiger partial charge < -0.3 is 14.2 Å². The number of hydrogen-bond acceptors (Lipinski definition) is 4. The van der Waals surface area contributed by atoms with Crippen LogP contribution in [-0.4, -0.2) is 13.2 Å². The van der Waals surface area contributed by atoms with Gasteiger partial charge in [0.05, 0.1) is 19.8 Å². The van der Waals surface area contributed by atoms with Crippen LogP contribution in [0.1, 0.15) is 23.5 Å². The maximum absolute atomic E-state index is 6.21. The summed E-state index contributed by atoms with van der Waals surface area (Å²) in [5.41, 5.74) is 1.11. The number of hydrogen-bond donors (Lipinski definition) is 0. The van der Waals surface area contributed by atoms with Crippen molar-refractivity contribution < 1.29 is 14.2 Å². The van der Waals surface area contributed by atoms with E-state index >= 15 is 0 Å². The van der Waals surface area contributed by atoms with Crippen molar-refractivity contribution in [3.05, 3.63) is 82.6 Å². The molecule has 130 valence electrons.